The summed E-state index contributed by atoms with van der Waals surface area (Å²) in [5.41, 5.74) is 0.952. The van der Waals surface area contributed by atoms with E-state index >= 15 is 0 Å². The second-order valence-electron chi connectivity index (χ2n) is 5.07. The summed E-state index contributed by atoms with van der Waals surface area (Å²) in [6, 6.07) is 7.92. The molecule has 5 heteroatoms. The highest BCUT2D eigenvalue weighted by Crippen LogP contribution is 2.30. The van der Waals surface area contributed by atoms with Crippen LogP contribution in [0.2, 0.25) is 0 Å². The second kappa shape index (κ2) is 5.25. The largest absolute Gasteiger partial charge is 0.334 e. The fourth-order valence-electron chi connectivity index (χ4n) is 2.19. The molecule has 0 spiro atoms. The fraction of sp³-hybridized carbons (Fsp3) is 0.267. The van der Waals surface area contributed by atoms with E-state index < -0.39 is 0 Å². The zero-order valence-electron chi connectivity index (χ0n) is 11.3. The summed E-state index contributed by atoms with van der Waals surface area (Å²) in [6.45, 7) is 4.08. The van der Waals surface area contributed by atoms with E-state index in [2.05, 4.69) is 15.3 Å². The Bertz CT molecular complexity index is 691. The van der Waals surface area contributed by atoms with E-state index in [0.717, 1.165) is 16.5 Å². The normalized spacial score (nSPS) is 18.6. The van der Waals surface area contributed by atoms with Crippen LogP contribution in [-0.2, 0) is 4.79 Å². The summed E-state index contributed by atoms with van der Waals surface area (Å²) in [5, 5.41) is 6.01. The molecule has 1 amide bonds. The van der Waals surface area contributed by atoms with Gasteiger partial charge in [0.2, 0.25) is 0 Å². The smallest absolute Gasteiger partial charge is 0.261 e. The Morgan fingerprint density at radius 1 is 1.30 bits per heavy atom. The Morgan fingerprint density at radius 3 is 2.90 bits per heavy atom. The van der Waals surface area contributed by atoms with Crippen molar-refractivity contribution in [2.75, 3.05) is 5.32 Å². The Morgan fingerprint density at radius 2 is 2.15 bits per heavy atom. The second-order valence-corrected chi connectivity index (χ2v) is 6.20. The molecule has 1 unspecified atom stereocenters. The number of hydrogen-bond acceptors (Lipinski definition) is 4. The highest BCUT2D eigenvalue weighted by Gasteiger charge is 2.31. The number of pyridine rings is 1. The van der Waals surface area contributed by atoms with E-state index in [-0.39, 0.29) is 17.1 Å². The number of nitrogens with zero attached hydrogens (tertiary/aromatic N) is 2. The van der Waals surface area contributed by atoms with Gasteiger partial charge < -0.3 is 5.32 Å². The first-order valence-electron chi connectivity index (χ1n) is 6.54. The summed E-state index contributed by atoms with van der Waals surface area (Å²) in [6.07, 6.45) is 3.59. The fourth-order valence-corrected chi connectivity index (χ4v) is 3.16. The number of hydrogen-bond donors (Lipinski definition) is 1. The molecule has 1 N–H and O–H groups in total. The van der Waals surface area contributed by atoms with Crippen molar-refractivity contribution >= 4 is 39.3 Å². The molecule has 0 saturated carbocycles. The summed E-state index contributed by atoms with van der Waals surface area (Å²) in [7, 11) is 0. The van der Waals surface area contributed by atoms with E-state index in [1.807, 2.05) is 44.3 Å². The topological polar surface area (TPSA) is 54.4 Å². The zero-order chi connectivity index (χ0) is 14.1. The third-order valence-electron chi connectivity index (χ3n) is 3.22. The Hall–Kier alpha value is -1.88. The molecular formula is C15H15N3OS. The van der Waals surface area contributed by atoms with Gasteiger partial charge in [-0.05, 0) is 18.1 Å². The number of carbonyl (C=O) groups is 1. The molecular weight excluding hydrogens is 270 g/mol. The van der Waals surface area contributed by atoms with Crippen LogP contribution in [0.4, 0.5) is 5.69 Å². The molecule has 2 heterocycles. The molecule has 0 saturated heterocycles. The van der Waals surface area contributed by atoms with Gasteiger partial charge in [0, 0.05) is 28.9 Å². The molecule has 0 aliphatic carbocycles. The first-order chi connectivity index (χ1) is 9.65. The van der Waals surface area contributed by atoms with E-state index in [1.165, 1.54) is 11.8 Å². The van der Waals surface area contributed by atoms with Gasteiger partial charge in [-0.2, -0.15) is 4.99 Å². The number of nitrogens with one attached hydrogen (secondary N) is 1. The van der Waals surface area contributed by atoms with Gasteiger partial charge in [0.1, 0.15) is 0 Å². The molecule has 1 aromatic carbocycles. The maximum atomic E-state index is 11.8. The lowest BCUT2D eigenvalue weighted by molar-refractivity contribution is -0.117. The molecule has 3 rings (SSSR count). The molecule has 2 aromatic rings. The monoisotopic (exact) mass is 285 g/mol. The predicted molar refractivity (Wildman–Crippen MR) is 84.0 cm³/mol. The SMILES string of the molecule is CC(C)C1SC(Nc2cccc3cnccc23)=NC1=O. The van der Waals surface area contributed by atoms with Crippen LogP contribution < -0.4 is 5.32 Å². The van der Waals surface area contributed by atoms with Crippen molar-refractivity contribution in [3.8, 4) is 0 Å². The number of thioether (sulfide) groups is 1. The van der Waals surface area contributed by atoms with Crippen LogP contribution in [0.15, 0.2) is 41.7 Å². The number of benzene rings is 1. The van der Waals surface area contributed by atoms with Crippen molar-refractivity contribution < 1.29 is 4.79 Å². The van der Waals surface area contributed by atoms with Crippen LogP contribution in [0.1, 0.15) is 13.8 Å². The highest BCUT2D eigenvalue weighted by atomic mass is 32.2. The number of aliphatic imine (C=N–C) groups is 1. The molecule has 0 radical (unpaired) electrons. The standard InChI is InChI=1S/C15H15N3OS/c1-9(2)13-14(19)18-15(20-13)17-12-5-3-4-10-8-16-7-6-11(10)12/h3-9,13H,1-2H3,(H,17,18,19). The van der Waals surface area contributed by atoms with Gasteiger partial charge in [0.05, 0.1) is 5.25 Å². The van der Waals surface area contributed by atoms with Gasteiger partial charge >= 0.3 is 0 Å². The summed E-state index contributed by atoms with van der Waals surface area (Å²) in [4.78, 5) is 20.0. The van der Waals surface area contributed by atoms with Crippen LogP contribution in [0.25, 0.3) is 10.8 Å². The van der Waals surface area contributed by atoms with Crippen molar-refractivity contribution in [3.63, 3.8) is 0 Å². The number of anilines is 1. The third kappa shape index (κ3) is 2.41. The van der Waals surface area contributed by atoms with Crippen molar-refractivity contribution in [3.05, 3.63) is 36.7 Å². The Kier molecular flexibility index (Phi) is 3.44. The third-order valence-corrected chi connectivity index (χ3v) is 4.64. The molecule has 4 nitrogen and oxygen atoms in total. The van der Waals surface area contributed by atoms with Crippen molar-refractivity contribution in [2.24, 2.45) is 10.9 Å². The Balaban J connectivity index is 1.88. The van der Waals surface area contributed by atoms with Gasteiger partial charge in [-0.15, -0.1) is 0 Å². The minimum absolute atomic E-state index is 0.0468. The molecule has 20 heavy (non-hydrogen) atoms. The number of fused-ring (bicyclic) bond motifs is 1. The van der Waals surface area contributed by atoms with Gasteiger partial charge in [-0.25, -0.2) is 0 Å². The van der Waals surface area contributed by atoms with Crippen LogP contribution in [0, 0.1) is 5.92 Å². The maximum absolute atomic E-state index is 11.8. The molecule has 1 aliphatic rings. The lowest BCUT2D eigenvalue weighted by Crippen LogP contribution is -2.17. The van der Waals surface area contributed by atoms with Gasteiger partial charge in [0.15, 0.2) is 5.17 Å². The van der Waals surface area contributed by atoms with Crippen LogP contribution in [0.3, 0.4) is 0 Å². The van der Waals surface area contributed by atoms with Gasteiger partial charge in [-0.3, -0.25) is 9.78 Å². The molecule has 1 aliphatic heterocycles. The lowest BCUT2D eigenvalue weighted by atomic mass is 10.1. The first-order valence-corrected chi connectivity index (χ1v) is 7.42. The number of amidine groups is 1. The molecule has 0 fully saturated rings. The number of aromatic nitrogens is 1. The quantitative estimate of drug-likeness (QED) is 0.920. The van der Waals surface area contributed by atoms with Crippen molar-refractivity contribution in [1.82, 2.24) is 4.98 Å². The van der Waals surface area contributed by atoms with Crippen LogP contribution in [0.5, 0.6) is 0 Å². The minimum atomic E-state index is -0.0749. The summed E-state index contributed by atoms with van der Waals surface area (Å²) >= 11 is 1.50. The molecule has 102 valence electrons. The van der Waals surface area contributed by atoms with Crippen molar-refractivity contribution in [1.29, 1.82) is 0 Å². The van der Waals surface area contributed by atoms with Gasteiger partial charge in [0.25, 0.3) is 5.91 Å². The predicted octanol–water partition coefficient (Wildman–Crippen LogP) is 3.30. The van der Waals surface area contributed by atoms with E-state index in [4.69, 9.17) is 0 Å². The number of amides is 1. The van der Waals surface area contributed by atoms with E-state index in [9.17, 15) is 4.79 Å². The van der Waals surface area contributed by atoms with Gasteiger partial charge in [-0.1, -0.05) is 37.7 Å². The molecule has 1 atom stereocenters. The average molecular weight is 285 g/mol. The number of carbonyl (C=O) groups excluding carboxylic acids is 1. The van der Waals surface area contributed by atoms with Crippen molar-refractivity contribution in [2.45, 2.75) is 19.1 Å². The summed E-state index contributed by atoms with van der Waals surface area (Å²) < 4.78 is 0. The Labute approximate surface area is 121 Å². The van der Waals surface area contributed by atoms with E-state index in [1.54, 1.807) is 6.20 Å². The first kappa shape index (κ1) is 13.1. The summed E-state index contributed by atoms with van der Waals surface area (Å²) in [5.74, 6) is 0.238. The average Bonchev–Trinajstić information content (AvgIpc) is 2.80. The number of rotatable bonds is 2. The molecule has 0 bridgehead atoms. The zero-order valence-corrected chi connectivity index (χ0v) is 12.1. The minimum Gasteiger partial charge on any atom is -0.334 e. The highest BCUT2D eigenvalue weighted by molar-refractivity contribution is 8.15. The lowest BCUT2D eigenvalue weighted by Gasteiger charge is -2.11. The van der Waals surface area contributed by atoms with E-state index in [0.29, 0.717) is 5.17 Å². The van der Waals surface area contributed by atoms with Crippen LogP contribution in [-0.4, -0.2) is 21.3 Å². The maximum Gasteiger partial charge on any atom is 0.261 e. The molecule has 1 aromatic heterocycles. The van der Waals surface area contributed by atoms with Crippen LogP contribution >= 0.6 is 11.8 Å².